The summed E-state index contributed by atoms with van der Waals surface area (Å²) in [4.78, 5) is 23.0. The normalized spacial score (nSPS) is 11.7. The van der Waals surface area contributed by atoms with Gasteiger partial charge in [0.05, 0.1) is 12.5 Å². The quantitative estimate of drug-likeness (QED) is 0.697. The molecule has 1 unspecified atom stereocenters. The van der Waals surface area contributed by atoms with Crippen LogP contribution in [0.1, 0.15) is 31.2 Å². The molecule has 0 fully saturated rings. The lowest BCUT2D eigenvalue weighted by molar-refractivity contribution is -0.138. The first-order valence-corrected chi connectivity index (χ1v) is 8.07. The number of aliphatic carboxylic acids is 1. The first kappa shape index (κ1) is 19.4. The fraction of sp³-hybridized carbons (Fsp3) is 0.263. The summed E-state index contributed by atoms with van der Waals surface area (Å²) in [5.74, 6) is -3.44. The average Bonchev–Trinajstić information content (AvgIpc) is 2.59. The van der Waals surface area contributed by atoms with Gasteiger partial charge >= 0.3 is 5.97 Å². The van der Waals surface area contributed by atoms with E-state index in [0.29, 0.717) is 17.7 Å². The van der Waals surface area contributed by atoms with E-state index < -0.39 is 23.5 Å². The smallest absolute Gasteiger partial charge is 0.310 e. The van der Waals surface area contributed by atoms with Gasteiger partial charge in [0, 0.05) is 18.2 Å². The number of carbonyl (C=O) groups excluding carboxylic acids is 1. The van der Waals surface area contributed by atoms with Crippen LogP contribution >= 0.6 is 0 Å². The molecule has 1 amide bonds. The lowest BCUT2D eigenvalue weighted by Gasteiger charge is -2.10. The molecule has 1 atom stereocenters. The van der Waals surface area contributed by atoms with E-state index in [2.05, 4.69) is 5.32 Å². The van der Waals surface area contributed by atoms with Gasteiger partial charge in [-0.25, -0.2) is 8.78 Å². The number of nitrogens with one attached hydrogen (secondary N) is 1. The first-order valence-electron chi connectivity index (χ1n) is 8.07. The molecule has 0 aliphatic carbocycles. The van der Waals surface area contributed by atoms with Gasteiger partial charge in [0.15, 0.2) is 11.6 Å². The van der Waals surface area contributed by atoms with Crippen LogP contribution in [0.15, 0.2) is 42.5 Å². The molecule has 0 aliphatic heterocycles. The molecule has 7 heteroatoms. The maximum absolute atomic E-state index is 13.4. The Kier molecular flexibility index (Phi) is 6.66. The lowest BCUT2D eigenvalue weighted by Crippen LogP contribution is -2.14. The van der Waals surface area contributed by atoms with Crippen LogP contribution in [0.2, 0.25) is 0 Å². The number of carboxylic acid groups (broad SMARTS) is 1. The van der Waals surface area contributed by atoms with Gasteiger partial charge in [-0.1, -0.05) is 12.1 Å². The predicted molar refractivity (Wildman–Crippen MR) is 92.2 cm³/mol. The summed E-state index contributed by atoms with van der Waals surface area (Å²) in [6, 6.07) is 9.65. The molecule has 2 aromatic rings. The summed E-state index contributed by atoms with van der Waals surface area (Å²) in [5.41, 5.74) is 1.09. The van der Waals surface area contributed by atoms with Crippen molar-refractivity contribution in [1.82, 2.24) is 0 Å². The highest BCUT2D eigenvalue weighted by Crippen LogP contribution is 2.20. The molecule has 2 aromatic carbocycles. The Hall–Kier alpha value is -2.96. The topological polar surface area (TPSA) is 75.6 Å². The monoisotopic (exact) mass is 363 g/mol. The molecule has 0 spiro atoms. The number of ether oxygens (including phenoxy) is 1. The van der Waals surface area contributed by atoms with Gasteiger partial charge in [0.1, 0.15) is 5.82 Å². The number of anilines is 1. The highest BCUT2D eigenvalue weighted by atomic mass is 19.1. The zero-order valence-electron chi connectivity index (χ0n) is 14.2. The van der Waals surface area contributed by atoms with Crippen molar-refractivity contribution in [3.8, 4) is 5.75 Å². The Balaban J connectivity index is 1.80. The Morgan fingerprint density at radius 2 is 1.96 bits per heavy atom. The Bertz CT molecular complexity index is 795. The van der Waals surface area contributed by atoms with Crippen molar-refractivity contribution in [3.63, 3.8) is 0 Å². The molecule has 0 radical (unpaired) electrons. The maximum Gasteiger partial charge on any atom is 0.310 e. The van der Waals surface area contributed by atoms with Gasteiger partial charge in [-0.3, -0.25) is 9.59 Å². The number of carbonyl (C=O) groups is 2. The standard InChI is InChI=1S/C19H19F2NO4/c1-12(19(24)25)13-4-2-5-15(10-13)22-18(23)6-3-9-26-17-8-7-14(20)11-16(17)21/h2,4-5,7-8,10-12H,3,6,9H2,1H3,(H,22,23)(H,24,25). The third kappa shape index (κ3) is 5.54. The van der Waals surface area contributed by atoms with Crippen molar-refractivity contribution in [2.75, 3.05) is 11.9 Å². The SMILES string of the molecule is CC(C(=O)O)c1cccc(NC(=O)CCCOc2ccc(F)cc2F)c1. The van der Waals surface area contributed by atoms with E-state index in [-0.39, 0.29) is 24.7 Å². The predicted octanol–water partition coefficient (Wildman–Crippen LogP) is 3.95. The third-order valence-electron chi connectivity index (χ3n) is 3.74. The van der Waals surface area contributed by atoms with E-state index >= 15 is 0 Å². The largest absolute Gasteiger partial charge is 0.491 e. The van der Waals surface area contributed by atoms with Gasteiger partial charge in [-0.15, -0.1) is 0 Å². The average molecular weight is 363 g/mol. The summed E-state index contributed by atoms with van der Waals surface area (Å²) in [6.45, 7) is 1.67. The summed E-state index contributed by atoms with van der Waals surface area (Å²) >= 11 is 0. The molecule has 0 saturated heterocycles. The third-order valence-corrected chi connectivity index (χ3v) is 3.74. The number of hydrogen-bond donors (Lipinski definition) is 2. The van der Waals surface area contributed by atoms with Crippen LogP contribution in [-0.4, -0.2) is 23.6 Å². The molecule has 2 rings (SSSR count). The van der Waals surface area contributed by atoms with Crippen LogP contribution in [0.25, 0.3) is 0 Å². The van der Waals surface area contributed by atoms with Crippen LogP contribution in [0.5, 0.6) is 5.75 Å². The van der Waals surface area contributed by atoms with Gasteiger partial charge in [0.25, 0.3) is 0 Å². The van der Waals surface area contributed by atoms with Crippen LogP contribution in [0.4, 0.5) is 14.5 Å². The van der Waals surface area contributed by atoms with Gasteiger partial charge in [-0.05, 0) is 43.2 Å². The fourth-order valence-corrected chi connectivity index (χ4v) is 2.26. The van der Waals surface area contributed by atoms with E-state index in [1.165, 1.54) is 6.07 Å². The number of benzene rings is 2. The van der Waals surface area contributed by atoms with E-state index in [1.54, 1.807) is 31.2 Å². The van der Waals surface area contributed by atoms with Gasteiger partial charge in [0.2, 0.25) is 5.91 Å². The zero-order valence-corrected chi connectivity index (χ0v) is 14.2. The Morgan fingerprint density at radius 3 is 2.65 bits per heavy atom. The number of hydrogen-bond acceptors (Lipinski definition) is 3. The maximum atomic E-state index is 13.4. The van der Waals surface area contributed by atoms with Gasteiger partial charge in [-0.2, -0.15) is 0 Å². The van der Waals surface area contributed by atoms with Crippen LogP contribution in [0, 0.1) is 11.6 Å². The highest BCUT2D eigenvalue weighted by Gasteiger charge is 2.14. The van der Waals surface area contributed by atoms with E-state index in [1.807, 2.05) is 0 Å². The molecule has 0 saturated carbocycles. The minimum absolute atomic E-state index is 0.0674. The number of amides is 1. The van der Waals surface area contributed by atoms with Crippen LogP contribution < -0.4 is 10.1 Å². The molecule has 26 heavy (non-hydrogen) atoms. The molecule has 0 aromatic heterocycles. The fourth-order valence-electron chi connectivity index (χ4n) is 2.26. The minimum atomic E-state index is -0.946. The van der Waals surface area contributed by atoms with Crippen molar-refractivity contribution >= 4 is 17.6 Å². The zero-order chi connectivity index (χ0) is 19.1. The second-order valence-electron chi connectivity index (χ2n) is 5.76. The summed E-state index contributed by atoms with van der Waals surface area (Å²) in [5, 5.41) is 11.7. The summed E-state index contributed by atoms with van der Waals surface area (Å²) in [6.07, 6.45) is 0.482. The van der Waals surface area contributed by atoms with E-state index in [4.69, 9.17) is 9.84 Å². The van der Waals surface area contributed by atoms with Crippen molar-refractivity contribution in [3.05, 3.63) is 59.7 Å². The van der Waals surface area contributed by atoms with Crippen LogP contribution in [-0.2, 0) is 9.59 Å². The summed E-state index contributed by atoms with van der Waals surface area (Å²) in [7, 11) is 0. The first-order chi connectivity index (χ1) is 12.4. The number of carboxylic acids is 1. The number of rotatable bonds is 8. The molecule has 2 N–H and O–H groups in total. The molecule has 0 bridgehead atoms. The molecular weight excluding hydrogens is 344 g/mol. The Morgan fingerprint density at radius 1 is 1.19 bits per heavy atom. The second-order valence-corrected chi connectivity index (χ2v) is 5.76. The molecule has 5 nitrogen and oxygen atoms in total. The summed E-state index contributed by atoms with van der Waals surface area (Å²) < 4.78 is 31.4. The molecule has 138 valence electrons. The molecule has 0 aliphatic rings. The van der Waals surface area contributed by atoms with Crippen molar-refractivity contribution in [1.29, 1.82) is 0 Å². The number of halogens is 2. The lowest BCUT2D eigenvalue weighted by atomic mass is 10.0. The van der Waals surface area contributed by atoms with E-state index in [9.17, 15) is 18.4 Å². The minimum Gasteiger partial charge on any atom is -0.491 e. The van der Waals surface area contributed by atoms with Gasteiger partial charge < -0.3 is 15.2 Å². The van der Waals surface area contributed by atoms with E-state index in [0.717, 1.165) is 12.1 Å². The van der Waals surface area contributed by atoms with Crippen LogP contribution in [0.3, 0.4) is 0 Å². The molecule has 0 heterocycles. The van der Waals surface area contributed by atoms with Crippen molar-refractivity contribution < 1.29 is 28.2 Å². The second kappa shape index (κ2) is 8.94. The Labute approximate surface area is 149 Å². The highest BCUT2D eigenvalue weighted by molar-refractivity contribution is 5.91. The molecular formula is C19H19F2NO4. The van der Waals surface area contributed by atoms with Crippen molar-refractivity contribution in [2.24, 2.45) is 0 Å². The van der Waals surface area contributed by atoms with Crippen molar-refractivity contribution in [2.45, 2.75) is 25.7 Å².